The molecule has 0 aliphatic carbocycles. The Morgan fingerprint density at radius 3 is 1.57 bits per heavy atom. The Labute approximate surface area is 153 Å². The van der Waals surface area contributed by atoms with Crippen LogP contribution >= 0.6 is 0 Å². The summed E-state index contributed by atoms with van der Waals surface area (Å²) in [7, 11) is -4.62. The molecule has 0 radical (unpaired) electrons. The molecular weight excluding hydrogens is 299 g/mol. The maximum atomic E-state index is 11.0. The Hall–Kier alpha value is 0.870. The number of hydrogen-bond acceptors (Lipinski definition) is 4. The molecular formula is C15H31NaO4S. The van der Waals surface area contributed by atoms with E-state index in [0.29, 0.717) is 6.42 Å². The Kier molecular flexibility index (Phi) is 15.3. The molecule has 6 heteroatoms. The summed E-state index contributed by atoms with van der Waals surface area (Å²) in [5.41, 5.74) is 0. The zero-order valence-corrected chi connectivity index (χ0v) is 16.9. The third kappa shape index (κ3) is 11.1. The molecule has 0 saturated heterocycles. The Balaban J connectivity index is 0. The predicted molar refractivity (Wildman–Crippen MR) is 81.4 cm³/mol. The molecule has 0 fully saturated rings. The summed E-state index contributed by atoms with van der Waals surface area (Å²) in [5, 5.41) is 9.78. The fourth-order valence-corrected chi connectivity index (χ4v) is 3.12. The minimum atomic E-state index is -4.62. The number of rotatable bonds is 13. The quantitative estimate of drug-likeness (QED) is 0.310. The van der Waals surface area contributed by atoms with Gasteiger partial charge in [-0.25, -0.2) is 8.42 Å². The van der Waals surface area contributed by atoms with Gasteiger partial charge in [-0.05, 0) is 19.3 Å². The Bertz CT molecular complexity index is 333. The largest absolute Gasteiger partial charge is 1.00 e. The van der Waals surface area contributed by atoms with E-state index in [2.05, 4.69) is 6.92 Å². The maximum absolute atomic E-state index is 11.0. The summed E-state index contributed by atoms with van der Waals surface area (Å²) in [5.74, 6) is 0. The van der Waals surface area contributed by atoms with E-state index in [4.69, 9.17) is 0 Å². The fraction of sp³-hybridized carbons (Fsp3) is 1.00. The van der Waals surface area contributed by atoms with Gasteiger partial charge in [-0.15, -0.1) is 0 Å². The van der Waals surface area contributed by atoms with Gasteiger partial charge in [-0.2, -0.15) is 0 Å². The first-order valence-electron chi connectivity index (χ1n) is 8.05. The van der Waals surface area contributed by atoms with Crippen molar-refractivity contribution in [2.45, 2.75) is 95.8 Å². The van der Waals surface area contributed by atoms with Crippen LogP contribution in [0, 0.1) is 0 Å². The minimum absolute atomic E-state index is 0. The Morgan fingerprint density at radius 1 is 0.857 bits per heavy atom. The summed E-state index contributed by atoms with van der Waals surface area (Å²) in [4.78, 5) is -2.06. The second-order valence-corrected chi connectivity index (χ2v) is 7.35. The molecule has 0 spiro atoms. The van der Waals surface area contributed by atoms with Crippen LogP contribution < -0.4 is 29.6 Å². The van der Waals surface area contributed by atoms with Gasteiger partial charge in [0.1, 0.15) is 10.1 Å². The molecule has 0 heterocycles. The topological polar surface area (TPSA) is 77.4 Å². The van der Waals surface area contributed by atoms with Gasteiger partial charge in [-0.1, -0.05) is 71.6 Å². The molecule has 1 unspecified atom stereocenters. The van der Waals surface area contributed by atoms with E-state index < -0.39 is 15.1 Å². The molecule has 0 aliphatic rings. The third-order valence-electron chi connectivity index (χ3n) is 3.94. The molecule has 0 aliphatic heterocycles. The molecule has 21 heavy (non-hydrogen) atoms. The van der Waals surface area contributed by atoms with Crippen LogP contribution in [-0.4, -0.2) is 23.0 Å². The van der Waals surface area contributed by atoms with Crippen LogP contribution in [-0.2, 0) is 10.1 Å². The summed E-state index contributed by atoms with van der Waals surface area (Å²) in [6.07, 6.45) is 11.4. The molecule has 0 aromatic carbocycles. The van der Waals surface area contributed by atoms with E-state index in [1.165, 1.54) is 45.4 Å². The van der Waals surface area contributed by atoms with Crippen molar-refractivity contribution in [3.63, 3.8) is 0 Å². The van der Waals surface area contributed by atoms with E-state index >= 15 is 0 Å². The minimum Gasteiger partial charge on any atom is -0.746 e. The van der Waals surface area contributed by atoms with Crippen molar-refractivity contribution in [3.05, 3.63) is 0 Å². The molecule has 0 amide bonds. The number of unbranched alkanes of at least 4 members (excludes halogenated alkanes) is 9. The van der Waals surface area contributed by atoms with E-state index in [1.807, 2.05) is 0 Å². The van der Waals surface area contributed by atoms with Crippen molar-refractivity contribution in [3.8, 4) is 0 Å². The molecule has 4 nitrogen and oxygen atoms in total. The smallest absolute Gasteiger partial charge is 0.746 e. The average molecular weight is 330 g/mol. The maximum Gasteiger partial charge on any atom is 1.00 e. The van der Waals surface area contributed by atoms with Crippen molar-refractivity contribution >= 4 is 10.1 Å². The molecule has 0 rings (SSSR count). The van der Waals surface area contributed by atoms with E-state index in [9.17, 15) is 18.1 Å². The zero-order valence-electron chi connectivity index (χ0n) is 14.1. The fourth-order valence-electron chi connectivity index (χ4n) is 2.37. The standard InChI is InChI=1S/C15H32O4S.Na/c1-3-5-6-7-8-9-10-11-12-13-14-15(16,4-2)20(17,18)19;/h16H,3-14H2,1-2H3,(H,17,18,19);/q;+1/p-1. The van der Waals surface area contributed by atoms with Crippen LogP contribution in [0.25, 0.3) is 0 Å². The van der Waals surface area contributed by atoms with Crippen LogP contribution in [0.1, 0.15) is 90.9 Å². The molecule has 0 saturated carbocycles. The summed E-state index contributed by atoms with van der Waals surface area (Å²) in [6, 6.07) is 0. The van der Waals surface area contributed by atoms with Crippen molar-refractivity contribution < 1.29 is 47.6 Å². The zero-order chi connectivity index (χ0) is 15.5. The normalized spacial score (nSPS) is 14.5. The van der Waals surface area contributed by atoms with E-state index in [-0.39, 0.29) is 42.4 Å². The monoisotopic (exact) mass is 330 g/mol. The molecule has 122 valence electrons. The van der Waals surface area contributed by atoms with Crippen molar-refractivity contribution in [1.82, 2.24) is 0 Å². The number of hydrogen-bond donors (Lipinski definition) is 1. The summed E-state index contributed by atoms with van der Waals surface area (Å²) >= 11 is 0. The van der Waals surface area contributed by atoms with Crippen molar-refractivity contribution in [1.29, 1.82) is 0 Å². The second kappa shape index (κ2) is 13.3. The third-order valence-corrected chi connectivity index (χ3v) is 5.36. The Morgan fingerprint density at radius 2 is 1.24 bits per heavy atom. The van der Waals surface area contributed by atoms with Gasteiger partial charge in [-0.3, -0.25) is 0 Å². The van der Waals surface area contributed by atoms with Gasteiger partial charge >= 0.3 is 29.6 Å². The number of aliphatic hydroxyl groups is 1. The van der Waals surface area contributed by atoms with Gasteiger partial charge < -0.3 is 9.66 Å². The molecule has 1 N–H and O–H groups in total. The second-order valence-electron chi connectivity index (χ2n) is 5.69. The first-order valence-corrected chi connectivity index (χ1v) is 9.46. The van der Waals surface area contributed by atoms with Crippen LogP contribution in [0.2, 0.25) is 0 Å². The first kappa shape index (κ1) is 24.1. The van der Waals surface area contributed by atoms with Crippen molar-refractivity contribution in [2.75, 3.05) is 0 Å². The first-order chi connectivity index (χ1) is 9.37. The molecule has 1 atom stereocenters. The predicted octanol–water partition coefficient (Wildman–Crippen LogP) is 0.945. The van der Waals surface area contributed by atoms with Crippen LogP contribution in [0.4, 0.5) is 0 Å². The SMILES string of the molecule is CCCCCCCCCCCCC(O)(CC)S(=O)(=O)[O-].[Na+]. The van der Waals surface area contributed by atoms with E-state index in [0.717, 1.165) is 19.3 Å². The van der Waals surface area contributed by atoms with Gasteiger partial charge in [0, 0.05) is 0 Å². The van der Waals surface area contributed by atoms with E-state index in [1.54, 1.807) is 0 Å². The summed E-state index contributed by atoms with van der Waals surface area (Å²) < 4.78 is 32.9. The van der Waals surface area contributed by atoms with Gasteiger partial charge in [0.15, 0.2) is 4.93 Å². The average Bonchev–Trinajstić information content (AvgIpc) is 2.39. The van der Waals surface area contributed by atoms with Crippen LogP contribution in [0.3, 0.4) is 0 Å². The van der Waals surface area contributed by atoms with Gasteiger partial charge in [0.05, 0.1) is 0 Å². The van der Waals surface area contributed by atoms with Gasteiger partial charge in [0.25, 0.3) is 0 Å². The van der Waals surface area contributed by atoms with Gasteiger partial charge in [0.2, 0.25) is 0 Å². The van der Waals surface area contributed by atoms with Crippen LogP contribution in [0.5, 0.6) is 0 Å². The summed E-state index contributed by atoms with van der Waals surface area (Å²) in [6.45, 7) is 3.74. The molecule has 0 aromatic rings. The molecule has 0 aromatic heterocycles. The molecule has 0 bridgehead atoms. The van der Waals surface area contributed by atoms with Crippen LogP contribution in [0.15, 0.2) is 0 Å². The van der Waals surface area contributed by atoms with Crippen molar-refractivity contribution in [2.24, 2.45) is 0 Å².